The fourth-order valence-corrected chi connectivity index (χ4v) is 0.804. The van der Waals surface area contributed by atoms with Gasteiger partial charge >= 0.3 is 0 Å². The largest absolute Gasteiger partial charge is 0.238 e. The Labute approximate surface area is 74.2 Å². The zero-order chi connectivity index (χ0) is 8.97. The van der Waals surface area contributed by atoms with Gasteiger partial charge in [-0.1, -0.05) is 6.07 Å². The van der Waals surface area contributed by atoms with E-state index in [2.05, 4.69) is 27.2 Å². The van der Waals surface area contributed by atoms with Crippen molar-refractivity contribution in [2.45, 2.75) is 0 Å². The van der Waals surface area contributed by atoms with Gasteiger partial charge in [-0.2, -0.15) is 4.99 Å². The highest BCUT2D eigenvalue weighted by Crippen LogP contribution is 2.22. The first-order valence-electron chi connectivity index (χ1n) is 3.03. The van der Waals surface area contributed by atoms with Gasteiger partial charge in [0, 0.05) is 0 Å². The predicted molar refractivity (Wildman–Crippen MR) is 47.3 cm³/mol. The minimum atomic E-state index is -0.555. The van der Waals surface area contributed by atoms with Crippen LogP contribution in [-0.2, 0) is 0 Å². The second-order valence-electron chi connectivity index (χ2n) is 1.95. The molecule has 58 valence electrons. The van der Waals surface area contributed by atoms with E-state index in [1.807, 2.05) is 0 Å². The Morgan fingerprint density at radius 2 is 2.33 bits per heavy atom. The van der Waals surface area contributed by atoms with Crippen molar-refractivity contribution in [3.05, 3.63) is 35.4 Å². The Morgan fingerprint density at radius 3 is 2.83 bits per heavy atom. The first-order valence-corrected chi connectivity index (χ1v) is 3.43. The zero-order valence-electron chi connectivity index (χ0n) is 5.91. The van der Waals surface area contributed by atoms with Crippen LogP contribution in [0.2, 0.25) is 0 Å². The summed E-state index contributed by atoms with van der Waals surface area (Å²) in [7, 11) is 0. The maximum Gasteiger partial charge on any atom is 0.190 e. The van der Waals surface area contributed by atoms with Crippen molar-refractivity contribution in [3.8, 4) is 0 Å². The first kappa shape index (κ1) is 8.54. The van der Waals surface area contributed by atoms with Gasteiger partial charge in [-0.15, -0.1) is 0 Å². The summed E-state index contributed by atoms with van der Waals surface area (Å²) < 4.78 is 12.9. The molecule has 0 radical (unpaired) electrons. The van der Waals surface area contributed by atoms with Crippen molar-refractivity contribution in [2.75, 3.05) is 0 Å². The molecule has 1 rings (SSSR count). The third-order valence-electron chi connectivity index (χ3n) is 1.23. The minimum absolute atomic E-state index is 0.109. The Morgan fingerprint density at radius 1 is 1.58 bits per heavy atom. The van der Waals surface area contributed by atoms with E-state index in [1.54, 1.807) is 0 Å². The van der Waals surface area contributed by atoms with Crippen molar-refractivity contribution in [2.24, 2.45) is 4.99 Å². The summed E-state index contributed by atoms with van der Waals surface area (Å²) in [5, 5.41) is 2.05. The minimum Gasteiger partial charge on any atom is -0.238 e. The molecule has 0 spiro atoms. The highest BCUT2D eigenvalue weighted by atomic mass is 32.1. The monoisotopic (exact) mass is 178 g/mol. The van der Waals surface area contributed by atoms with Crippen molar-refractivity contribution in [1.29, 1.82) is 0 Å². The molecule has 12 heavy (non-hydrogen) atoms. The van der Waals surface area contributed by atoms with Crippen LogP contribution < -0.4 is 0 Å². The van der Waals surface area contributed by atoms with Crippen LogP contribution in [0.5, 0.6) is 0 Å². The SMILES string of the molecule is [C-]#[N+]c1ccc(N=C=S)c(F)c1. The van der Waals surface area contributed by atoms with Gasteiger partial charge in [-0.25, -0.2) is 9.24 Å². The average molecular weight is 178 g/mol. The number of halogens is 1. The van der Waals surface area contributed by atoms with Crippen LogP contribution in [0.4, 0.5) is 15.8 Å². The van der Waals surface area contributed by atoms with E-state index in [4.69, 9.17) is 6.57 Å². The lowest BCUT2D eigenvalue weighted by Gasteiger charge is -1.93. The highest BCUT2D eigenvalue weighted by molar-refractivity contribution is 7.78. The molecule has 0 saturated heterocycles. The molecule has 0 saturated carbocycles. The molecule has 0 bridgehead atoms. The molecule has 0 atom stereocenters. The first-order chi connectivity index (χ1) is 5.77. The van der Waals surface area contributed by atoms with Crippen LogP contribution in [0.1, 0.15) is 0 Å². The van der Waals surface area contributed by atoms with Crippen molar-refractivity contribution in [3.63, 3.8) is 0 Å². The van der Waals surface area contributed by atoms with Gasteiger partial charge in [0.25, 0.3) is 0 Å². The van der Waals surface area contributed by atoms with Crippen LogP contribution in [0, 0.1) is 12.4 Å². The number of hydrogen-bond acceptors (Lipinski definition) is 2. The number of isothiocyanates is 1. The van der Waals surface area contributed by atoms with Gasteiger partial charge in [0.15, 0.2) is 5.69 Å². The van der Waals surface area contributed by atoms with E-state index < -0.39 is 5.82 Å². The number of benzene rings is 1. The summed E-state index contributed by atoms with van der Waals surface area (Å²) in [4.78, 5) is 6.52. The summed E-state index contributed by atoms with van der Waals surface area (Å²) in [5.74, 6) is -0.555. The fourth-order valence-electron chi connectivity index (χ4n) is 0.705. The van der Waals surface area contributed by atoms with Crippen LogP contribution in [0.25, 0.3) is 4.85 Å². The van der Waals surface area contributed by atoms with Crippen LogP contribution in [-0.4, -0.2) is 5.16 Å². The van der Waals surface area contributed by atoms with E-state index in [9.17, 15) is 4.39 Å². The molecule has 0 amide bonds. The normalized spacial score (nSPS) is 8.33. The number of nitrogens with zero attached hydrogens (tertiary/aromatic N) is 2. The van der Waals surface area contributed by atoms with Crippen LogP contribution >= 0.6 is 12.2 Å². The number of rotatable bonds is 1. The molecule has 0 aliphatic rings. The van der Waals surface area contributed by atoms with Gasteiger partial charge in [0.2, 0.25) is 0 Å². The van der Waals surface area contributed by atoms with Crippen LogP contribution in [0.3, 0.4) is 0 Å². The Balaban J connectivity index is 3.22. The third kappa shape index (κ3) is 1.73. The van der Waals surface area contributed by atoms with Gasteiger partial charge in [-0.3, -0.25) is 0 Å². The average Bonchev–Trinajstić information content (AvgIpc) is 2.09. The molecular weight excluding hydrogens is 175 g/mol. The Bertz CT molecular complexity index is 389. The molecule has 1 aromatic rings. The summed E-state index contributed by atoms with van der Waals surface area (Å²) in [5.41, 5.74) is 0.355. The van der Waals surface area contributed by atoms with Crippen molar-refractivity contribution >= 4 is 28.8 Å². The summed E-state index contributed by atoms with van der Waals surface area (Å²) in [6, 6.07) is 3.97. The molecular formula is C8H3FN2S. The second-order valence-corrected chi connectivity index (χ2v) is 2.13. The Kier molecular flexibility index (Phi) is 2.65. The highest BCUT2D eigenvalue weighted by Gasteiger charge is 2.00. The summed E-state index contributed by atoms with van der Waals surface area (Å²) in [6.45, 7) is 6.60. The Hall–Kier alpha value is -1.56. The number of hydrogen-bond donors (Lipinski definition) is 0. The van der Waals surface area contributed by atoms with E-state index >= 15 is 0 Å². The molecule has 0 aliphatic carbocycles. The lowest BCUT2D eigenvalue weighted by molar-refractivity contribution is 0.631. The molecule has 0 heterocycles. The van der Waals surface area contributed by atoms with E-state index in [-0.39, 0.29) is 11.4 Å². The van der Waals surface area contributed by atoms with Gasteiger partial charge in [0.1, 0.15) is 11.5 Å². The molecule has 4 heteroatoms. The lowest BCUT2D eigenvalue weighted by Crippen LogP contribution is -1.73. The summed E-state index contributed by atoms with van der Waals surface area (Å²) in [6.07, 6.45) is 0. The number of thiocarbonyl (C=S) groups is 1. The summed E-state index contributed by atoms with van der Waals surface area (Å²) >= 11 is 4.31. The van der Waals surface area contributed by atoms with Crippen LogP contribution in [0.15, 0.2) is 23.2 Å². The van der Waals surface area contributed by atoms with E-state index in [0.717, 1.165) is 6.07 Å². The van der Waals surface area contributed by atoms with E-state index in [0.29, 0.717) is 0 Å². The topological polar surface area (TPSA) is 16.7 Å². The van der Waals surface area contributed by atoms with E-state index in [1.165, 1.54) is 12.1 Å². The number of aliphatic imine (C=N–C) groups is 1. The zero-order valence-corrected chi connectivity index (χ0v) is 6.73. The maximum atomic E-state index is 12.9. The molecule has 1 aromatic carbocycles. The molecule has 0 aliphatic heterocycles. The molecule has 0 aromatic heterocycles. The molecule has 2 nitrogen and oxygen atoms in total. The smallest absolute Gasteiger partial charge is 0.190 e. The molecule has 0 unspecified atom stereocenters. The quantitative estimate of drug-likeness (QED) is 0.367. The predicted octanol–water partition coefficient (Wildman–Crippen LogP) is 3.11. The maximum absolute atomic E-state index is 12.9. The van der Waals surface area contributed by atoms with Gasteiger partial charge in [0.05, 0.1) is 11.7 Å². The standard InChI is InChI=1S/C8H3FN2S/c1-10-6-2-3-8(11-5-12)7(9)4-6/h2-4H. The molecule has 0 N–H and O–H groups in total. The van der Waals surface area contributed by atoms with Crippen molar-refractivity contribution < 1.29 is 4.39 Å². The fraction of sp³-hybridized carbons (Fsp3) is 0. The molecule has 0 fully saturated rings. The van der Waals surface area contributed by atoms with Gasteiger partial charge < -0.3 is 0 Å². The lowest BCUT2D eigenvalue weighted by atomic mass is 10.3. The van der Waals surface area contributed by atoms with Crippen molar-refractivity contribution in [1.82, 2.24) is 0 Å². The van der Waals surface area contributed by atoms with Gasteiger partial charge in [-0.05, 0) is 24.4 Å². The third-order valence-corrected chi connectivity index (χ3v) is 1.32. The second kappa shape index (κ2) is 3.72.